The van der Waals surface area contributed by atoms with Crippen molar-refractivity contribution in [3.8, 4) is 0 Å². The third-order valence-electron chi connectivity index (χ3n) is 5.12. The molecule has 5 heteroatoms. The van der Waals surface area contributed by atoms with E-state index in [1.165, 1.54) is 0 Å². The van der Waals surface area contributed by atoms with Crippen LogP contribution in [0.5, 0.6) is 0 Å². The third-order valence-corrected chi connectivity index (χ3v) is 5.12. The second-order valence-electron chi connectivity index (χ2n) is 6.61. The lowest BCUT2D eigenvalue weighted by molar-refractivity contribution is -0.151. The van der Waals surface area contributed by atoms with Gasteiger partial charge in [0.1, 0.15) is 0 Å². The van der Waals surface area contributed by atoms with Crippen LogP contribution in [0, 0.1) is 11.8 Å². The van der Waals surface area contributed by atoms with Gasteiger partial charge in [0.15, 0.2) is 0 Å². The molecule has 0 radical (unpaired) electrons. The van der Waals surface area contributed by atoms with Crippen LogP contribution >= 0.6 is 0 Å². The molecule has 2 rings (SSSR count). The molecule has 0 saturated heterocycles. The maximum Gasteiger partial charge on any atom is 0.308 e. The average Bonchev–Trinajstić information content (AvgIpc) is 2.94. The highest BCUT2D eigenvalue weighted by Gasteiger charge is 2.37. The molecule has 0 amide bonds. The molecule has 2 saturated carbocycles. The number of carbonyl (C=O) groups excluding carboxylic acids is 1. The minimum atomic E-state index is -0.717. The van der Waals surface area contributed by atoms with Crippen molar-refractivity contribution in [1.29, 1.82) is 0 Å². The lowest BCUT2D eigenvalue weighted by Gasteiger charge is -2.36. The summed E-state index contributed by atoms with van der Waals surface area (Å²) in [5, 5.41) is 23.4. The molecule has 2 fully saturated rings. The Morgan fingerprint density at radius 3 is 2.62 bits per heavy atom. The Balaban J connectivity index is 1.75. The van der Waals surface area contributed by atoms with E-state index in [0.717, 1.165) is 19.3 Å². The van der Waals surface area contributed by atoms with Crippen LogP contribution < -0.4 is 5.32 Å². The fourth-order valence-electron chi connectivity index (χ4n) is 3.67. The third kappa shape index (κ3) is 4.41. The van der Waals surface area contributed by atoms with E-state index in [9.17, 15) is 15.0 Å². The molecule has 0 aromatic heterocycles. The summed E-state index contributed by atoms with van der Waals surface area (Å²) in [7, 11) is 0. The van der Waals surface area contributed by atoms with E-state index in [1.807, 2.05) is 6.92 Å². The summed E-state index contributed by atoms with van der Waals surface area (Å²) in [6, 6.07) is 0.321. The predicted octanol–water partition coefficient (Wildman–Crippen LogP) is 1.22. The van der Waals surface area contributed by atoms with Crippen molar-refractivity contribution in [2.45, 2.75) is 63.5 Å². The lowest BCUT2D eigenvalue weighted by atomic mass is 9.78. The Hall–Kier alpha value is -0.650. The van der Waals surface area contributed by atoms with Gasteiger partial charge in [-0.05, 0) is 51.4 Å². The number of aliphatic hydroxyl groups is 2. The van der Waals surface area contributed by atoms with Crippen LogP contribution in [-0.2, 0) is 9.53 Å². The number of hydrogen-bond acceptors (Lipinski definition) is 5. The first-order valence-corrected chi connectivity index (χ1v) is 8.31. The second kappa shape index (κ2) is 7.56. The van der Waals surface area contributed by atoms with Crippen LogP contribution in [0.4, 0.5) is 0 Å². The van der Waals surface area contributed by atoms with Crippen LogP contribution in [0.3, 0.4) is 0 Å². The quantitative estimate of drug-likeness (QED) is 0.643. The Morgan fingerprint density at radius 1 is 1.29 bits per heavy atom. The maximum atomic E-state index is 11.7. The monoisotopic (exact) mass is 299 g/mol. The summed E-state index contributed by atoms with van der Waals surface area (Å²) in [5.41, 5.74) is -0.717. The molecule has 0 aliphatic heterocycles. The van der Waals surface area contributed by atoms with Crippen molar-refractivity contribution in [3.05, 3.63) is 0 Å². The number of hydrogen-bond donors (Lipinski definition) is 3. The largest absolute Gasteiger partial charge is 0.466 e. The highest BCUT2D eigenvalue weighted by atomic mass is 16.5. The number of carbonyl (C=O) groups is 1. The molecule has 2 aliphatic carbocycles. The molecule has 0 bridgehead atoms. The summed E-state index contributed by atoms with van der Waals surface area (Å²) in [4.78, 5) is 11.7. The van der Waals surface area contributed by atoms with Crippen LogP contribution in [0.25, 0.3) is 0 Å². The van der Waals surface area contributed by atoms with Gasteiger partial charge in [-0.25, -0.2) is 0 Å². The van der Waals surface area contributed by atoms with Crippen molar-refractivity contribution in [2.24, 2.45) is 11.8 Å². The van der Waals surface area contributed by atoms with E-state index in [1.54, 1.807) is 0 Å². The van der Waals surface area contributed by atoms with Gasteiger partial charge >= 0.3 is 5.97 Å². The lowest BCUT2D eigenvalue weighted by Crippen LogP contribution is -2.48. The van der Waals surface area contributed by atoms with Gasteiger partial charge < -0.3 is 20.3 Å². The summed E-state index contributed by atoms with van der Waals surface area (Å²) in [6.07, 6.45) is 5.97. The molecule has 5 nitrogen and oxygen atoms in total. The molecule has 2 unspecified atom stereocenters. The van der Waals surface area contributed by atoms with E-state index in [4.69, 9.17) is 4.74 Å². The molecule has 0 heterocycles. The zero-order chi connectivity index (χ0) is 15.3. The normalized spacial score (nSPS) is 36.6. The smallest absolute Gasteiger partial charge is 0.308 e. The van der Waals surface area contributed by atoms with E-state index in [0.29, 0.717) is 50.8 Å². The minimum absolute atomic E-state index is 0.0538. The highest BCUT2D eigenvalue weighted by Crippen LogP contribution is 2.33. The second-order valence-corrected chi connectivity index (χ2v) is 6.61. The summed E-state index contributed by atoms with van der Waals surface area (Å²) >= 11 is 0. The molecular formula is C16H29NO4. The summed E-state index contributed by atoms with van der Waals surface area (Å²) in [5.74, 6) is 0.148. The van der Waals surface area contributed by atoms with Gasteiger partial charge in [0.25, 0.3) is 0 Å². The number of nitrogens with one attached hydrogen (secondary N) is 1. The van der Waals surface area contributed by atoms with Crippen LogP contribution in [0.1, 0.15) is 51.9 Å². The Morgan fingerprint density at radius 2 is 2.00 bits per heavy atom. The molecule has 21 heavy (non-hydrogen) atoms. The molecule has 0 aromatic rings. The minimum Gasteiger partial charge on any atom is -0.466 e. The molecule has 122 valence electrons. The van der Waals surface area contributed by atoms with Crippen LogP contribution in [-0.4, -0.2) is 47.6 Å². The molecule has 2 aliphatic rings. The number of aliphatic hydroxyl groups excluding tert-OH is 1. The van der Waals surface area contributed by atoms with Gasteiger partial charge in [-0.3, -0.25) is 4.79 Å². The molecular weight excluding hydrogens is 270 g/mol. The van der Waals surface area contributed by atoms with Gasteiger partial charge in [-0.1, -0.05) is 6.42 Å². The number of ether oxygens (including phenoxy) is 1. The van der Waals surface area contributed by atoms with Crippen molar-refractivity contribution < 1.29 is 19.7 Å². The highest BCUT2D eigenvalue weighted by molar-refractivity contribution is 5.72. The first kappa shape index (κ1) is 16.7. The summed E-state index contributed by atoms with van der Waals surface area (Å²) in [6.45, 7) is 3.02. The zero-order valence-corrected chi connectivity index (χ0v) is 13.0. The number of rotatable bonds is 6. The molecule has 0 spiro atoms. The molecule has 0 aromatic carbocycles. The van der Waals surface area contributed by atoms with Crippen molar-refractivity contribution in [2.75, 3.05) is 19.8 Å². The molecule has 2 atom stereocenters. The van der Waals surface area contributed by atoms with E-state index < -0.39 is 5.60 Å². The van der Waals surface area contributed by atoms with Crippen LogP contribution in [0.2, 0.25) is 0 Å². The van der Waals surface area contributed by atoms with E-state index >= 15 is 0 Å². The standard InChI is InChI=1S/C16H29NO4/c1-2-21-15(19)12-6-8-16(20,9-7-12)11-17-14-5-3-4-13(14)10-18/h12-14,17-18,20H,2-11H2,1H3. The van der Waals surface area contributed by atoms with Gasteiger partial charge in [0, 0.05) is 19.2 Å². The first-order valence-electron chi connectivity index (χ1n) is 8.31. The number of esters is 1. The van der Waals surface area contributed by atoms with Crippen molar-refractivity contribution >= 4 is 5.97 Å². The first-order chi connectivity index (χ1) is 10.1. The fourth-order valence-corrected chi connectivity index (χ4v) is 3.67. The van der Waals surface area contributed by atoms with Gasteiger partial charge in [-0.2, -0.15) is 0 Å². The SMILES string of the molecule is CCOC(=O)C1CCC(O)(CNC2CCCC2CO)CC1. The Kier molecular flexibility index (Phi) is 6.02. The van der Waals surface area contributed by atoms with Gasteiger partial charge in [-0.15, -0.1) is 0 Å². The Labute approximate surface area is 127 Å². The van der Waals surface area contributed by atoms with E-state index in [-0.39, 0.29) is 18.5 Å². The van der Waals surface area contributed by atoms with Gasteiger partial charge in [0.2, 0.25) is 0 Å². The summed E-state index contributed by atoms with van der Waals surface area (Å²) < 4.78 is 5.06. The fraction of sp³-hybridized carbons (Fsp3) is 0.938. The Bertz CT molecular complexity index is 339. The topological polar surface area (TPSA) is 78.8 Å². The van der Waals surface area contributed by atoms with Gasteiger partial charge in [0.05, 0.1) is 18.1 Å². The van der Waals surface area contributed by atoms with E-state index in [2.05, 4.69) is 5.32 Å². The molecule has 3 N–H and O–H groups in total. The maximum absolute atomic E-state index is 11.7. The van der Waals surface area contributed by atoms with Crippen LogP contribution in [0.15, 0.2) is 0 Å². The average molecular weight is 299 g/mol. The van der Waals surface area contributed by atoms with Crippen molar-refractivity contribution in [3.63, 3.8) is 0 Å². The predicted molar refractivity (Wildman–Crippen MR) is 79.8 cm³/mol. The zero-order valence-electron chi connectivity index (χ0n) is 13.0. The van der Waals surface area contributed by atoms with Crippen molar-refractivity contribution in [1.82, 2.24) is 5.32 Å².